The van der Waals surface area contributed by atoms with E-state index in [1.54, 1.807) is 28.0 Å². The number of aromatic nitrogens is 18. The zero-order chi connectivity index (χ0) is 40.2. The van der Waals surface area contributed by atoms with Crippen molar-refractivity contribution in [2.24, 2.45) is 14.1 Å². The quantitative estimate of drug-likeness (QED) is 0.189. The van der Waals surface area contributed by atoms with Crippen LogP contribution in [0.25, 0.3) is 77.9 Å². The third kappa shape index (κ3) is 6.33. The molecule has 0 radical (unpaired) electrons. The van der Waals surface area contributed by atoms with Gasteiger partial charge in [-0.25, -0.2) is 9.97 Å². The number of fused-ring (bicyclic) bond motifs is 4. The number of aryl methyl sites for hydroxylation is 2. The van der Waals surface area contributed by atoms with Crippen LogP contribution >= 0.6 is 0 Å². The van der Waals surface area contributed by atoms with E-state index in [0.717, 1.165) is 89.3 Å². The molecule has 0 spiro atoms. The van der Waals surface area contributed by atoms with Gasteiger partial charge < -0.3 is 8.80 Å². The van der Waals surface area contributed by atoms with E-state index in [9.17, 15) is 0 Å². The standard InChI is InChI=1S/2C21H17N9/c1-28-11-17(8-26-28)14-2-3-21-23-9-18(29(21)12-14)13-30-20-4-15(16-6-24-25-7-16)5-22-19(20)10-27-30;1-28-11-17(8-26-28)15-4-20-19(22-5-15)10-27-30(20)13-18-9-23-21-3-2-14(12-29(18)21)16-6-24-25-7-16/h2*2-12H,13H2,1H3,(H,24,25). The Hall–Kier alpha value is -8.54. The van der Waals surface area contributed by atoms with Crippen LogP contribution in [-0.4, -0.2) is 88.3 Å². The van der Waals surface area contributed by atoms with Crippen LogP contribution in [0.1, 0.15) is 11.4 Å². The number of H-pyrrole nitrogens is 2. The van der Waals surface area contributed by atoms with Gasteiger partial charge in [-0.05, 0) is 36.4 Å². The first-order chi connectivity index (χ1) is 29.5. The van der Waals surface area contributed by atoms with E-state index in [1.165, 1.54) is 0 Å². The van der Waals surface area contributed by atoms with Crippen molar-refractivity contribution in [1.29, 1.82) is 0 Å². The van der Waals surface area contributed by atoms with Crippen LogP contribution in [0.4, 0.5) is 0 Å². The Morgan fingerprint density at radius 3 is 1.40 bits per heavy atom. The summed E-state index contributed by atoms with van der Waals surface area (Å²) in [5.74, 6) is 0. The van der Waals surface area contributed by atoms with Crippen LogP contribution in [0.5, 0.6) is 0 Å². The number of rotatable bonds is 8. The molecule has 18 nitrogen and oxygen atoms in total. The maximum atomic E-state index is 4.57. The Morgan fingerprint density at radius 1 is 0.433 bits per heavy atom. The molecule has 0 saturated carbocycles. The van der Waals surface area contributed by atoms with E-state index in [2.05, 4.69) is 100 Å². The van der Waals surface area contributed by atoms with Gasteiger partial charge in [0.1, 0.15) is 22.3 Å². The summed E-state index contributed by atoms with van der Waals surface area (Å²) < 4.78 is 11.7. The van der Waals surface area contributed by atoms with Crippen LogP contribution in [0.3, 0.4) is 0 Å². The average Bonchev–Trinajstić information content (AvgIpc) is 4.12. The number of imidazole rings is 2. The molecule has 0 atom stereocenters. The fraction of sp³-hybridized carbons (Fsp3) is 0.0952. The smallest absolute Gasteiger partial charge is 0.136 e. The van der Waals surface area contributed by atoms with Crippen molar-refractivity contribution >= 4 is 33.4 Å². The lowest BCUT2D eigenvalue weighted by Crippen LogP contribution is -2.04. The molecule has 0 aliphatic rings. The minimum Gasteiger partial charge on any atom is -0.302 e. The van der Waals surface area contributed by atoms with Crippen molar-refractivity contribution in [3.05, 3.63) is 147 Å². The Kier molecular flexibility index (Phi) is 8.17. The normalized spacial score (nSPS) is 11.6. The summed E-state index contributed by atoms with van der Waals surface area (Å²) >= 11 is 0. The third-order valence-electron chi connectivity index (χ3n) is 10.5. The van der Waals surface area contributed by atoms with E-state index in [4.69, 9.17) is 0 Å². The van der Waals surface area contributed by atoms with Gasteiger partial charge in [0.05, 0.1) is 85.1 Å². The third-order valence-corrected chi connectivity index (χ3v) is 10.5. The van der Waals surface area contributed by atoms with Crippen molar-refractivity contribution in [2.75, 3.05) is 0 Å². The highest BCUT2D eigenvalue weighted by Gasteiger charge is 2.14. The lowest BCUT2D eigenvalue weighted by atomic mass is 10.1. The van der Waals surface area contributed by atoms with Gasteiger partial charge in [-0.15, -0.1) is 0 Å². The monoisotopic (exact) mass is 790 g/mol. The van der Waals surface area contributed by atoms with Gasteiger partial charge in [-0.3, -0.25) is 38.9 Å². The second kappa shape index (κ2) is 14.1. The first kappa shape index (κ1) is 34.7. The largest absolute Gasteiger partial charge is 0.302 e. The molecule has 0 bridgehead atoms. The van der Waals surface area contributed by atoms with Crippen LogP contribution in [0, 0.1) is 0 Å². The molecule has 0 aliphatic heterocycles. The van der Waals surface area contributed by atoms with Gasteiger partial charge in [0.25, 0.3) is 0 Å². The molecular weight excluding hydrogens is 757 g/mol. The van der Waals surface area contributed by atoms with Crippen molar-refractivity contribution in [3.8, 4) is 44.5 Å². The number of hydrogen-bond acceptors (Lipinski definition) is 10. The van der Waals surface area contributed by atoms with Crippen molar-refractivity contribution in [2.45, 2.75) is 13.1 Å². The number of nitrogens with one attached hydrogen (secondary N) is 2. The zero-order valence-electron chi connectivity index (χ0n) is 32.3. The van der Waals surface area contributed by atoms with Gasteiger partial charge in [-0.2, -0.15) is 30.6 Å². The van der Waals surface area contributed by atoms with Crippen molar-refractivity contribution in [1.82, 2.24) is 88.3 Å². The molecule has 12 aromatic rings. The Balaban J connectivity index is 0.000000136. The highest BCUT2D eigenvalue weighted by atomic mass is 15.3. The van der Waals surface area contributed by atoms with Crippen LogP contribution in [0.15, 0.2) is 136 Å². The van der Waals surface area contributed by atoms with Crippen LogP contribution in [-0.2, 0) is 27.2 Å². The predicted molar refractivity (Wildman–Crippen MR) is 223 cm³/mol. The Labute approximate surface area is 339 Å². The van der Waals surface area contributed by atoms with Gasteiger partial charge in [0.15, 0.2) is 0 Å². The summed E-state index contributed by atoms with van der Waals surface area (Å²) in [6.07, 6.45) is 30.2. The predicted octanol–water partition coefficient (Wildman–Crippen LogP) is 5.84. The molecule has 0 aliphatic carbocycles. The summed E-state index contributed by atoms with van der Waals surface area (Å²) in [5.41, 5.74) is 15.8. The van der Waals surface area contributed by atoms with Crippen LogP contribution < -0.4 is 0 Å². The molecule has 18 heteroatoms. The van der Waals surface area contributed by atoms with E-state index in [0.29, 0.717) is 13.1 Å². The number of pyridine rings is 4. The van der Waals surface area contributed by atoms with E-state index < -0.39 is 0 Å². The minimum absolute atomic E-state index is 0.581. The molecule has 0 saturated heterocycles. The van der Waals surface area contributed by atoms with Crippen molar-refractivity contribution < 1.29 is 0 Å². The SMILES string of the molecule is Cn1cc(-c2ccc3ncc(Cn4ncc5ncc(-c6cn[nH]c6)cc54)n3c2)cn1.Cn1cc(-c2cnc3cnn(Cc4cnc5ccc(-c6cn[nH]c6)cn45)c3c2)cn1. The first-order valence-electron chi connectivity index (χ1n) is 19.0. The molecule has 292 valence electrons. The summed E-state index contributed by atoms with van der Waals surface area (Å²) in [5, 5.41) is 31.4. The van der Waals surface area contributed by atoms with Gasteiger partial charge in [0.2, 0.25) is 0 Å². The number of nitrogens with zero attached hydrogens (tertiary/aromatic N) is 16. The summed E-state index contributed by atoms with van der Waals surface area (Å²) in [4.78, 5) is 18.2. The molecule has 12 aromatic heterocycles. The summed E-state index contributed by atoms with van der Waals surface area (Å²) in [6, 6.07) is 12.3. The highest BCUT2D eigenvalue weighted by molar-refractivity contribution is 5.81. The highest BCUT2D eigenvalue weighted by Crippen LogP contribution is 2.26. The lowest BCUT2D eigenvalue weighted by molar-refractivity contribution is 0.692. The molecule has 2 N–H and O–H groups in total. The molecule has 60 heavy (non-hydrogen) atoms. The number of aromatic amines is 2. The molecule has 12 rings (SSSR count). The second-order valence-corrected chi connectivity index (χ2v) is 14.4. The molecule has 0 unspecified atom stereocenters. The maximum Gasteiger partial charge on any atom is 0.136 e. The molecule has 0 aromatic carbocycles. The molecule has 0 amide bonds. The lowest BCUT2D eigenvalue weighted by Gasteiger charge is -2.06. The zero-order valence-corrected chi connectivity index (χ0v) is 32.3. The Bertz CT molecular complexity index is 3200. The van der Waals surface area contributed by atoms with E-state index in [1.807, 2.05) is 110 Å². The first-order valence-corrected chi connectivity index (χ1v) is 19.0. The van der Waals surface area contributed by atoms with Gasteiger partial charge >= 0.3 is 0 Å². The second-order valence-electron chi connectivity index (χ2n) is 14.4. The average molecular weight is 791 g/mol. The minimum atomic E-state index is 0.581. The topological polar surface area (TPSA) is 189 Å². The summed E-state index contributed by atoms with van der Waals surface area (Å²) in [6.45, 7) is 1.16. The Morgan fingerprint density at radius 2 is 0.917 bits per heavy atom. The number of hydrogen-bond donors (Lipinski definition) is 2. The molecular formula is C42H34N18. The maximum absolute atomic E-state index is 4.57. The van der Waals surface area contributed by atoms with Crippen molar-refractivity contribution in [3.63, 3.8) is 0 Å². The van der Waals surface area contributed by atoms with E-state index >= 15 is 0 Å². The summed E-state index contributed by atoms with van der Waals surface area (Å²) in [7, 11) is 3.82. The van der Waals surface area contributed by atoms with Crippen LogP contribution in [0.2, 0.25) is 0 Å². The van der Waals surface area contributed by atoms with Gasteiger partial charge in [-0.1, -0.05) is 0 Å². The fourth-order valence-electron chi connectivity index (χ4n) is 7.38. The van der Waals surface area contributed by atoms with E-state index in [-0.39, 0.29) is 0 Å². The molecule has 12 heterocycles. The van der Waals surface area contributed by atoms with Gasteiger partial charge in [0, 0.05) is 108 Å². The fourth-order valence-corrected chi connectivity index (χ4v) is 7.38. The molecule has 0 fully saturated rings.